The molecule has 0 aliphatic carbocycles. The molecule has 1 radical (unpaired) electrons. The minimum absolute atomic E-state index is 1.06. The fraction of sp³-hybridized carbons (Fsp3) is 0.0714. The van der Waals surface area contributed by atoms with Crippen LogP contribution in [0.15, 0.2) is 48.5 Å². The topological polar surface area (TPSA) is 0 Å². The van der Waals surface area contributed by atoms with Crippen LogP contribution in [0.3, 0.4) is 0 Å². The molecule has 0 aromatic heterocycles. The smallest absolute Gasteiger partial charge is 0.0155 e. The fourth-order valence-electron chi connectivity index (χ4n) is 1.64. The molecule has 0 saturated heterocycles. The summed E-state index contributed by atoms with van der Waals surface area (Å²) in [4.78, 5) is 0. The van der Waals surface area contributed by atoms with Crippen LogP contribution in [-0.2, 0) is 0 Å². The molecule has 0 amide bonds. The van der Waals surface area contributed by atoms with Crippen molar-refractivity contribution in [1.29, 1.82) is 0 Å². The van der Waals surface area contributed by atoms with Crippen molar-refractivity contribution in [3.8, 4) is 11.1 Å². The van der Waals surface area contributed by atoms with Gasteiger partial charge < -0.3 is 0 Å². The van der Waals surface area contributed by atoms with Crippen LogP contribution in [0.1, 0.15) is 11.1 Å². The van der Waals surface area contributed by atoms with E-state index in [-0.39, 0.29) is 0 Å². The molecule has 2 rings (SSSR count). The lowest BCUT2D eigenvalue weighted by molar-refractivity contribution is 1.45. The molecule has 0 unspecified atom stereocenters. The summed E-state index contributed by atoms with van der Waals surface area (Å²) in [6, 6.07) is 16.7. The molecular formula is C14H13. The van der Waals surface area contributed by atoms with Gasteiger partial charge in [0, 0.05) is 0 Å². The van der Waals surface area contributed by atoms with Gasteiger partial charge in [0.05, 0.1) is 0 Å². The summed E-state index contributed by atoms with van der Waals surface area (Å²) in [7, 11) is 0. The zero-order valence-corrected chi connectivity index (χ0v) is 8.33. The van der Waals surface area contributed by atoms with Crippen LogP contribution in [0.25, 0.3) is 11.1 Å². The van der Waals surface area contributed by atoms with Crippen LogP contribution in [0.4, 0.5) is 0 Å². The quantitative estimate of drug-likeness (QED) is 0.627. The van der Waals surface area contributed by atoms with Gasteiger partial charge in [0.2, 0.25) is 0 Å². The van der Waals surface area contributed by atoms with Gasteiger partial charge in [-0.2, -0.15) is 0 Å². The first-order valence-corrected chi connectivity index (χ1v) is 4.75. The minimum Gasteiger partial charge on any atom is -0.0620 e. The summed E-state index contributed by atoms with van der Waals surface area (Å²) < 4.78 is 0. The van der Waals surface area contributed by atoms with Crippen molar-refractivity contribution < 1.29 is 0 Å². The SMILES string of the molecule is [CH2]c1cccc(-c2ccccc2C)c1. The maximum absolute atomic E-state index is 3.94. The first kappa shape index (κ1) is 9.01. The lowest BCUT2D eigenvalue weighted by Gasteiger charge is -2.05. The number of hydrogen-bond acceptors (Lipinski definition) is 0. The summed E-state index contributed by atoms with van der Waals surface area (Å²) in [6.07, 6.45) is 0. The highest BCUT2D eigenvalue weighted by Gasteiger charge is 1.99. The highest BCUT2D eigenvalue weighted by atomic mass is 14.0. The molecule has 0 saturated carbocycles. The van der Waals surface area contributed by atoms with Gasteiger partial charge in [-0.1, -0.05) is 48.5 Å². The number of benzene rings is 2. The van der Waals surface area contributed by atoms with Gasteiger partial charge in [0.25, 0.3) is 0 Å². The van der Waals surface area contributed by atoms with E-state index >= 15 is 0 Å². The lowest BCUT2D eigenvalue weighted by atomic mass is 9.99. The predicted molar refractivity (Wildman–Crippen MR) is 61.1 cm³/mol. The van der Waals surface area contributed by atoms with Crippen molar-refractivity contribution in [2.75, 3.05) is 0 Å². The van der Waals surface area contributed by atoms with Gasteiger partial charge in [-0.25, -0.2) is 0 Å². The minimum atomic E-state index is 1.06. The van der Waals surface area contributed by atoms with Gasteiger partial charge in [0.15, 0.2) is 0 Å². The van der Waals surface area contributed by atoms with E-state index in [0.29, 0.717) is 0 Å². The van der Waals surface area contributed by atoms with E-state index in [1.165, 1.54) is 16.7 Å². The highest BCUT2D eigenvalue weighted by Crippen LogP contribution is 2.23. The van der Waals surface area contributed by atoms with Crippen molar-refractivity contribution in [1.82, 2.24) is 0 Å². The Kier molecular flexibility index (Phi) is 2.36. The van der Waals surface area contributed by atoms with Gasteiger partial charge in [-0.3, -0.25) is 0 Å². The van der Waals surface area contributed by atoms with Crippen LogP contribution >= 0.6 is 0 Å². The Morgan fingerprint density at radius 3 is 2.43 bits per heavy atom. The number of hydrogen-bond donors (Lipinski definition) is 0. The molecule has 0 N–H and O–H groups in total. The summed E-state index contributed by atoms with van der Waals surface area (Å²) in [5.74, 6) is 0. The Morgan fingerprint density at radius 2 is 1.71 bits per heavy atom. The van der Waals surface area contributed by atoms with E-state index < -0.39 is 0 Å². The van der Waals surface area contributed by atoms with Crippen LogP contribution in [0.5, 0.6) is 0 Å². The Hall–Kier alpha value is -1.56. The maximum Gasteiger partial charge on any atom is -0.0155 e. The van der Waals surface area contributed by atoms with E-state index in [1.54, 1.807) is 0 Å². The van der Waals surface area contributed by atoms with Crippen LogP contribution in [0, 0.1) is 13.8 Å². The molecule has 14 heavy (non-hydrogen) atoms. The lowest BCUT2D eigenvalue weighted by Crippen LogP contribution is -1.82. The summed E-state index contributed by atoms with van der Waals surface area (Å²) >= 11 is 0. The summed E-state index contributed by atoms with van der Waals surface area (Å²) in [5, 5.41) is 0. The second kappa shape index (κ2) is 3.67. The Labute approximate surface area is 85.2 Å². The van der Waals surface area contributed by atoms with Gasteiger partial charge in [-0.15, -0.1) is 0 Å². The Bertz CT molecular complexity index is 441. The zero-order valence-electron chi connectivity index (χ0n) is 8.33. The third kappa shape index (κ3) is 1.69. The predicted octanol–water partition coefficient (Wildman–Crippen LogP) is 3.84. The van der Waals surface area contributed by atoms with Crippen LogP contribution in [-0.4, -0.2) is 0 Å². The Morgan fingerprint density at radius 1 is 0.929 bits per heavy atom. The molecule has 0 aliphatic heterocycles. The summed E-state index contributed by atoms with van der Waals surface area (Å²) in [6.45, 7) is 6.07. The van der Waals surface area contributed by atoms with E-state index in [9.17, 15) is 0 Å². The van der Waals surface area contributed by atoms with Crippen molar-refractivity contribution in [2.45, 2.75) is 6.92 Å². The molecule has 0 atom stereocenters. The van der Waals surface area contributed by atoms with Crippen molar-refractivity contribution in [3.63, 3.8) is 0 Å². The largest absolute Gasteiger partial charge is 0.0620 e. The molecule has 0 heterocycles. The standard InChI is InChI=1S/C14H13/c1-11-6-5-8-13(10-11)14-9-4-3-7-12(14)2/h3-10H,1H2,2H3. The molecule has 0 spiro atoms. The third-order valence-electron chi connectivity index (χ3n) is 2.38. The zero-order chi connectivity index (χ0) is 9.97. The van der Waals surface area contributed by atoms with Gasteiger partial charge in [0.1, 0.15) is 0 Å². The highest BCUT2D eigenvalue weighted by molar-refractivity contribution is 5.67. The van der Waals surface area contributed by atoms with E-state index in [0.717, 1.165) is 5.56 Å². The molecule has 0 aliphatic rings. The Balaban J connectivity index is 2.55. The monoisotopic (exact) mass is 181 g/mol. The molecule has 2 aromatic rings. The fourth-order valence-corrected chi connectivity index (χ4v) is 1.64. The average Bonchev–Trinajstić information content (AvgIpc) is 2.18. The van der Waals surface area contributed by atoms with E-state index in [1.807, 2.05) is 12.1 Å². The molecule has 69 valence electrons. The van der Waals surface area contributed by atoms with Crippen molar-refractivity contribution in [3.05, 3.63) is 66.6 Å². The first-order valence-electron chi connectivity index (χ1n) is 4.75. The number of rotatable bonds is 1. The van der Waals surface area contributed by atoms with Gasteiger partial charge >= 0.3 is 0 Å². The van der Waals surface area contributed by atoms with E-state index in [4.69, 9.17) is 0 Å². The molecule has 0 nitrogen and oxygen atoms in total. The second-order valence-electron chi connectivity index (χ2n) is 3.52. The molecular weight excluding hydrogens is 168 g/mol. The average molecular weight is 181 g/mol. The third-order valence-corrected chi connectivity index (χ3v) is 2.38. The summed E-state index contributed by atoms with van der Waals surface area (Å²) in [5.41, 5.74) is 4.90. The van der Waals surface area contributed by atoms with Crippen molar-refractivity contribution in [2.24, 2.45) is 0 Å². The van der Waals surface area contributed by atoms with Crippen molar-refractivity contribution >= 4 is 0 Å². The van der Waals surface area contributed by atoms with E-state index in [2.05, 4.69) is 50.2 Å². The second-order valence-corrected chi connectivity index (χ2v) is 3.52. The van der Waals surface area contributed by atoms with Gasteiger partial charge in [-0.05, 0) is 36.1 Å². The molecule has 0 fully saturated rings. The first-order chi connectivity index (χ1) is 6.77. The molecule has 0 bridgehead atoms. The maximum atomic E-state index is 3.94. The molecule has 0 heteroatoms. The number of aryl methyl sites for hydroxylation is 1. The van der Waals surface area contributed by atoms with Crippen LogP contribution < -0.4 is 0 Å². The molecule has 2 aromatic carbocycles. The normalized spacial score (nSPS) is 10.1. The van der Waals surface area contributed by atoms with Crippen LogP contribution in [0.2, 0.25) is 0 Å².